The van der Waals surface area contributed by atoms with E-state index >= 15 is 0 Å². The lowest BCUT2D eigenvalue weighted by atomic mass is 9.95. The molecule has 2 N–H and O–H groups in total. The van der Waals surface area contributed by atoms with Crippen molar-refractivity contribution < 1.29 is 4.79 Å². The number of H-pyrrole nitrogens is 1. The van der Waals surface area contributed by atoms with Gasteiger partial charge in [0.05, 0.1) is 33.7 Å². The molecule has 1 atom stereocenters. The Morgan fingerprint density at radius 1 is 1.03 bits per heavy atom. The van der Waals surface area contributed by atoms with E-state index in [4.69, 9.17) is 16.6 Å². The van der Waals surface area contributed by atoms with E-state index in [0.717, 1.165) is 16.8 Å². The second kappa shape index (κ2) is 10.3. The van der Waals surface area contributed by atoms with Crippen molar-refractivity contribution in [2.45, 2.75) is 13.0 Å². The van der Waals surface area contributed by atoms with Gasteiger partial charge in [-0.05, 0) is 36.8 Å². The van der Waals surface area contributed by atoms with Gasteiger partial charge >= 0.3 is 0 Å². The maximum absolute atomic E-state index is 14.0. The number of nitrogens with zero attached hydrogens (tertiary/aromatic N) is 3. The normalized spacial score (nSPS) is 15.1. The van der Waals surface area contributed by atoms with Gasteiger partial charge in [-0.1, -0.05) is 89.7 Å². The molecule has 9 heteroatoms. The molecule has 0 saturated carbocycles. The highest BCUT2D eigenvalue weighted by atomic mass is 35.5. The van der Waals surface area contributed by atoms with Crippen molar-refractivity contribution in [2.24, 2.45) is 4.99 Å². The summed E-state index contributed by atoms with van der Waals surface area (Å²) in [7, 11) is 0. The zero-order chi connectivity index (χ0) is 26.9. The monoisotopic (exact) mass is 551 g/mol. The fraction of sp³-hybridized carbons (Fsp3) is 0.0667. The highest BCUT2D eigenvalue weighted by Gasteiger charge is 2.33. The van der Waals surface area contributed by atoms with Crippen molar-refractivity contribution in [1.82, 2.24) is 14.8 Å². The highest BCUT2D eigenvalue weighted by Crippen LogP contribution is 2.34. The maximum Gasteiger partial charge on any atom is 0.271 e. The smallest absolute Gasteiger partial charge is 0.271 e. The Kier molecular flexibility index (Phi) is 6.56. The van der Waals surface area contributed by atoms with Crippen LogP contribution in [0.4, 0.5) is 5.69 Å². The molecule has 0 unspecified atom stereocenters. The Labute approximate surface area is 232 Å². The van der Waals surface area contributed by atoms with Crippen LogP contribution < -0.4 is 20.2 Å². The minimum absolute atomic E-state index is 0.263. The number of hydrogen-bond acceptors (Lipinski definition) is 5. The summed E-state index contributed by atoms with van der Waals surface area (Å²) < 4.78 is 2.04. The van der Waals surface area contributed by atoms with Gasteiger partial charge in [0.1, 0.15) is 0 Å². The van der Waals surface area contributed by atoms with E-state index in [1.807, 2.05) is 84.9 Å². The third-order valence-corrected chi connectivity index (χ3v) is 7.84. The molecule has 6 rings (SSSR count). The number of amides is 1. The lowest BCUT2D eigenvalue weighted by Crippen LogP contribution is -2.40. The fourth-order valence-electron chi connectivity index (χ4n) is 4.71. The number of allylic oxidation sites excluding steroid dienone is 1. The van der Waals surface area contributed by atoms with Crippen molar-refractivity contribution in [2.75, 3.05) is 5.32 Å². The molecule has 1 amide bonds. The van der Waals surface area contributed by atoms with Gasteiger partial charge in [-0.25, -0.2) is 4.99 Å². The first-order valence-corrected chi connectivity index (χ1v) is 13.4. The van der Waals surface area contributed by atoms with Crippen molar-refractivity contribution in [3.8, 4) is 11.3 Å². The van der Waals surface area contributed by atoms with Crippen LogP contribution in [0.2, 0.25) is 5.02 Å². The Morgan fingerprint density at radius 3 is 2.46 bits per heavy atom. The number of rotatable bonds is 5. The molecule has 192 valence electrons. The Hall–Kier alpha value is -4.53. The molecule has 0 saturated heterocycles. The van der Waals surface area contributed by atoms with Gasteiger partial charge in [0.2, 0.25) is 0 Å². The van der Waals surface area contributed by atoms with E-state index in [-0.39, 0.29) is 11.5 Å². The fourth-order valence-corrected chi connectivity index (χ4v) is 5.98. The summed E-state index contributed by atoms with van der Waals surface area (Å²) in [5, 5.41) is 10.6. The van der Waals surface area contributed by atoms with Crippen LogP contribution in [0.15, 0.2) is 112 Å². The molecule has 1 aliphatic heterocycles. The molecule has 39 heavy (non-hydrogen) atoms. The van der Waals surface area contributed by atoms with Gasteiger partial charge in [0, 0.05) is 21.8 Å². The predicted molar refractivity (Wildman–Crippen MR) is 154 cm³/mol. The number of fused-ring (bicyclic) bond motifs is 1. The quantitative estimate of drug-likeness (QED) is 0.325. The molecule has 0 spiro atoms. The van der Waals surface area contributed by atoms with E-state index in [2.05, 4.69) is 15.5 Å². The number of carbonyl (C=O) groups is 1. The van der Waals surface area contributed by atoms with Gasteiger partial charge in [0.25, 0.3) is 11.5 Å². The molecular formula is C30H22ClN5O2S. The number of para-hydroxylation sites is 1. The predicted octanol–water partition coefficient (Wildman–Crippen LogP) is 4.92. The average Bonchev–Trinajstić information content (AvgIpc) is 3.53. The Morgan fingerprint density at radius 2 is 1.72 bits per heavy atom. The first kappa shape index (κ1) is 24.8. The van der Waals surface area contributed by atoms with Crippen molar-refractivity contribution in [1.29, 1.82) is 0 Å². The molecule has 0 fully saturated rings. The van der Waals surface area contributed by atoms with Gasteiger partial charge in [-0.15, -0.1) is 0 Å². The van der Waals surface area contributed by atoms with Crippen LogP contribution in [0.25, 0.3) is 17.3 Å². The molecule has 3 heterocycles. The van der Waals surface area contributed by atoms with Crippen LogP contribution in [0.5, 0.6) is 0 Å². The van der Waals surface area contributed by atoms with Crippen LogP contribution in [0.3, 0.4) is 0 Å². The van der Waals surface area contributed by atoms with E-state index in [1.54, 1.807) is 23.8 Å². The SMILES string of the molecule is CC1=C(C(=O)Nc2ccccc2)[C@@H](c2ccccc2Cl)n2c(s/c(=C/c3cn[nH]c3-c3ccccc3)c2=O)=N1. The van der Waals surface area contributed by atoms with Crippen molar-refractivity contribution >= 4 is 40.6 Å². The molecular weight excluding hydrogens is 530 g/mol. The van der Waals surface area contributed by atoms with Crippen LogP contribution in [-0.2, 0) is 4.79 Å². The Bertz CT molecular complexity index is 1910. The largest absolute Gasteiger partial charge is 0.322 e. The number of hydrogen-bond donors (Lipinski definition) is 2. The second-order valence-corrected chi connectivity index (χ2v) is 10.4. The topological polar surface area (TPSA) is 92.1 Å². The van der Waals surface area contributed by atoms with E-state index in [1.165, 1.54) is 11.3 Å². The summed E-state index contributed by atoms with van der Waals surface area (Å²) in [6.07, 6.45) is 3.50. The maximum atomic E-state index is 14.0. The minimum atomic E-state index is -0.751. The number of benzene rings is 3. The molecule has 0 radical (unpaired) electrons. The number of nitrogens with one attached hydrogen (secondary N) is 2. The number of thiazole rings is 1. The van der Waals surface area contributed by atoms with Crippen molar-refractivity contribution in [3.63, 3.8) is 0 Å². The summed E-state index contributed by atoms with van der Waals surface area (Å²) in [5.74, 6) is -0.345. The van der Waals surface area contributed by atoms with Gasteiger partial charge in [0.15, 0.2) is 4.80 Å². The number of halogens is 1. The van der Waals surface area contributed by atoms with Crippen LogP contribution in [-0.4, -0.2) is 20.7 Å². The number of aromatic nitrogens is 3. The van der Waals surface area contributed by atoms with E-state index in [0.29, 0.717) is 36.9 Å². The third-order valence-electron chi connectivity index (χ3n) is 6.52. The third kappa shape index (κ3) is 4.65. The zero-order valence-corrected chi connectivity index (χ0v) is 22.3. The van der Waals surface area contributed by atoms with Crippen molar-refractivity contribution in [3.05, 3.63) is 138 Å². The van der Waals surface area contributed by atoms with Gasteiger partial charge in [-0.2, -0.15) is 5.10 Å². The Balaban J connectivity index is 1.51. The number of aromatic amines is 1. The van der Waals surface area contributed by atoms with Gasteiger partial charge in [-0.3, -0.25) is 19.3 Å². The lowest BCUT2D eigenvalue weighted by Gasteiger charge is -2.26. The molecule has 3 aromatic carbocycles. The molecule has 7 nitrogen and oxygen atoms in total. The molecule has 5 aromatic rings. The standard InChI is InChI=1S/C30H22ClN5O2S/c1-18-25(28(37)34-21-12-6-3-7-13-21)27(22-14-8-9-15-23(22)31)36-29(38)24(39-30(36)33-18)16-20-17-32-35-26(20)19-10-4-2-5-11-19/h2-17,27H,1H3,(H,32,35)(H,34,37)/b24-16+/t27-/m1/s1. The van der Waals surface area contributed by atoms with E-state index in [9.17, 15) is 9.59 Å². The molecule has 0 aliphatic carbocycles. The first-order chi connectivity index (χ1) is 19.0. The second-order valence-electron chi connectivity index (χ2n) is 8.99. The minimum Gasteiger partial charge on any atom is -0.322 e. The molecule has 0 bridgehead atoms. The van der Waals surface area contributed by atoms with Crippen LogP contribution in [0, 0.1) is 0 Å². The summed E-state index contributed by atoms with van der Waals surface area (Å²) in [6, 6.07) is 25.5. The van der Waals surface area contributed by atoms with E-state index < -0.39 is 6.04 Å². The van der Waals surface area contributed by atoms with Gasteiger partial charge < -0.3 is 5.32 Å². The van der Waals surface area contributed by atoms with Crippen LogP contribution >= 0.6 is 22.9 Å². The lowest BCUT2D eigenvalue weighted by molar-refractivity contribution is -0.113. The summed E-state index contributed by atoms with van der Waals surface area (Å²) in [5.41, 5.74) is 4.45. The molecule has 1 aliphatic rings. The molecule has 2 aromatic heterocycles. The summed E-state index contributed by atoms with van der Waals surface area (Å²) >= 11 is 7.92. The summed E-state index contributed by atoms with van der Waals surface area (Å²) in [6.45, 7) is 1.78. The number of anilines is 1. The number of carbonyl (C=O) groups excluding carboxylic acids is 1. The first-order valence-electron chi connectivity index (χ1n) is 12.2. The zero-order valence-electron chi connectivity index (χ0n) is 20.8. The summed E-state index contributed by atoms with van der Waals surface area (Å²) in [4.78, 5) is 32.8. The highest BCUT2D eigenvalue weighted by molar-refractivity contribution is 7.07. The van der Waals surface area contributed by atoms with Crippen LogP contribution in [0.1, 0.15) is 24.1 Å². The average molecular weight is 552 g/mol.